The minimum Gasteiger partial charge on any atom is -0.496 e. The Morgan fingerprint density at radius 1 is 1.19 bits per heavy atom. The number of nitrogens with zero attached hydrogens (tertiary/aromatic N) is 1. The molecule has 1 heterocycles. The maximum absolute atomic E-state index is 13.1. The van der Waals surface area contributed by atoms with Crippen LogP contribution in [0, 0.1) is 6.92 Å². The van der Waals surface area contributed by atoms with Crippen molar-refractivity contribution < 1.29 is 17.9 Å². The largest absolute Gasteiger partial charge is 0.496 e. The number of nitrogens with two attached hydrogens (primary N) is 1. The van der Waals surface area contributed by atoms with Crippen LogP contribution in [0.3, 0.4) is 0 Å². The Kier molecular flexibility index (Phi) is 4.18. The summed E-state index contributed by atoms with van der Waals surface area (Å²) < 4.78 is 44.4. The van der Waals surface area contributed by atoms with Crippen molar-refractivity contribution in [2.75, 3.05) is 7.11 Å². The molecule has 0 spiro atoms. The normalized spacial score (nSPS) is 13.0. The number of rotatable bonds is 3. The molecule has 1 aromatic carbocycles. The number of aromatic nitrogens is 1. The fourth-order valence-corrected chi connectivity index (χ4v) is 2.18. The highest BCUT2D eigenvalue weighted by molar-refractivity contribution is 5.45. The highest BCUT2D eigenvalue weighted by Crippen LogP contribution is 2.37. The molecule has 2 rings (SSSR count). The van der Waals surface area contributed by atoms with Gasteiger partial charge in [-0.25, -0.2) is 0 Å². The van der Waals surface area contributed by atoms with Gasteiger partial charge in [-0.05, 0) is 19.1 Å². The lowest BCUT2D eigenvalue weighted by Crippen LogP contribution is -2.19. The first kappa shape index (κ1) is 15.3. The van der Waals surface area contributed by atoms with Crippen molar-refractivity contribution in [3.05, 3.63) is 58.9 Å². The van der Waals surface area contributed by atoms with E-state index >= 15 is 0 Å². The van der Waals surface area contributed by atoms with Gasteiger partial charge in [-0.15, -0.1) is 0 Å². The molecule has 0 aliphatic heterocycles. The zero-order valence-electron chi connectivity index (χ0n) is 11.6. The van der Waals surface area contributed by atoms with Crippen LogP contribution < -0.4 is 10.5 Å². The summed E-state index contributed by atoms with van der Waals surface area (Å²) in [4.78, 5) is 3.76. The molecule has 1 unspecified atom stereocenters. The number of methoxy groups -OCH3 is 1. The lowest BCUT2D eigenvalue weighted by Gasteiger charge is -2.20. The lowest BCUT2D eigenvalue weighted by atomic mass is 9.95. The van der Waals surface area contributed by atoms with E-state index in [9.17, 15) is 13.2 Å². The molecular formula is C15H15F3N2O. The molecule has 1 aromatic heterocycles. The SMILES string of the molecule is COc1ccc(C)cc1C(N)c1cnccc1C(F)(F)F. The van der Waals surface area contributed by atoms with Gasteiger partial charge in [0.25, 0.3) is 0 Å². The van der Waals surface area contributed by atoms with Gasteiger partial charge in [0.2, 0.25) is 0 Å². The van der Waals surface area contributed by atoms with Gasteiger partial charge < -0.3 is 10.5 Å². The smallest absolute Gasteiger partial charge is 0.416 e. The molecule has 2 N–H and O–H groups in total. The summed E-state index contributed by atoms with van der Waals surface area (Å²) in [5.74, 6) is 0.449. The topological polar surface area (TPSA) is 48.1 Å². The van der Waals surface area contributed by atoms with E-state index in [0.29, 0.717) is 11.3 Å². The first-order chi connectivity index (χ1) is 9.84. The maximum atomic E-state index is 13.1. The highest BCUT2D eigenvalue weighted by Gasteiger charge is 2.35. The predicted octanol–water partition coefficient (Wildman–Crippen LogP) is 3.47. The molecule has 0 aliphatic rings. The molecule has 21 heavy (non-hydrogen) atoms. The van der Waals surface area contributed by atoms with Gasteiger partial charge in [-0.2, -0.15) is 13.2 Å². The summed E-state index contributed by atoms with van der Waals surface area (Å²) in [6, 6.07) is 5.18. The van der Waals surface area contributed by atoms with Crippen molar-refractivity contribution >= 4 is 0 Å². The number of halogens is 3. The number of ether oxygens (including phenoxy) is 1. The van der Waals surface area contributed by atoms with Gasteiger partial charge in [-0.3, -0.25) is 4.98 Å². The standard InChI is InChI=1S/C15H15F3N2O/c1-9-3-4-13(21-2)10(7-9)14(19)11-8-20-6-5-12(11)15(16,17)18/h3-8,14H,19H2,1-2H3. The Morgan fingerprint density at radius 3 is 2.52 bits per heavy atom. The summed E-state index contributed by atoms with van der Waals surface area (Å²) in [5, 5.41) is 0. The van der Waals surface area contributed by atoms with E-state index in [1.54, 1.807) is 12.1 Å². The molecule has 0 amide bonds. The second-order valence-electron chi connectivity index (χ2n) is 4.68. The van der Waals surface area contributed by atoms with Crippen molar-refractivity contribution in [2.24, 2.45) is 5.73 Å². The maximum Gasteiger partial charge on any atom is 0.416 e. The average Bonchev–Trinajstić information content (AvgIpc) is 2.45. The molecule has 6 heteroatoms. The van der Waals surface area contributed by atoms with Crippen molar-refractivity contribution in [1.82, 2.24) is 4.98 Å². The molecule has 0 bridgehead atoms. The van der Waals surface area contributed by atoms with E-state index in [1.165, 1.54) is 7.11 Å². The molecule has 0 aliphatic carbocycles. The Balaban J connectivity index is 2.56. The van der Waals surface area contributed by atoms with Crippen LogP contribution in [0.5, 0.6) is 5.75 Å². The zero-order chi connectivity index (χ0) is 15.6. The summed E-state index contributed by atoms with van der Waals surface area (Å²) in [6.07, 6.45) is -2.23. The van der Waals surface area contributed by atoms with Gasteiger partial charge in [0.15, 0.2) is 0 Å². The van der Waals surface area contributed by atoms with Crippen molar-refractivity contribution in [3.8, 4) is 5.75 Å². The lowest BCUT2D eigenvalue weighted by molar-refractivity contribution is -0.138. The van der Waals surface area contributed by atoms with Crippen LogP contribution in [0.25, 0.3) is 0 Å². The second kappa shape index (κ2) is 5.73. The first-order valence-corrected chi connectivity index (χ1v) is 6.26. The Morgan fingerprint density at radius 2 is 1.90 bits per heavy atom. The summed E-state index contributed by atoms with van der Waals surface area (Å²) in [5.41, 5.74) is 6.56. The quantitative estimate of drug-likeness (QED) is 0.943. The van der Waals surface area contributed by atoms with Crippen molar-refractivity contribution in [2.45, 2.75) is 19.1 Å². The molecule has 0 saturated heterocycles. The van der Waals surface area contributed by atoms with Gasteiger partial charge in [0.05, 0.1) is 18.7 Å². The average molecular weight is 296 g/mol. The Bertz CT molecular complexity index is 641. The van der Waals surface area contributed by atoms with Crippen molar-refractivity contribution in [1.29, 1.82) is 0 Å². The van der Waals surface area contributed by atoms with E-state index in [-0.39, 0.29) is 5.56 Å². The van der Waals surface area contributed by atoms with Crippen LogP contribution in [0.1, 0.15) is 28.3 Å². The van der Waals surface area contributed by atoms with Crippen molar-refractivity contribution in [3.63, 3.8) is 0 Å². The van der Waals surface area contributed by atoms with Crippen LogP contribution in [0.15, 0.2) is 36.7 Å². The number of benzene rings is 1. The molecule has 112 valence electrons. The molecule has 0 radical (unpaired) electrons. The predicted molar refractivity (Wildman–Crippen MR) is 73.0 cm³/mol. The zero-order valence-corrected chi connectivity index (χ0v) is 11.6. The monoisotopic (exact) mass is 296 g/mol. The number of hydrogen-bond acceptors (Lipinski definition) is 3. The van der Waals surface area contributed by atoms with Gasteiger partial charge in [0, 0.05) is 23.5 Å². The van der Waals surface area contributed by atoms with Crippen LogP contribution in [-0.2, 0) is 6.18 Å². The van der Waals surface area contributed by atoms with Crippen LogP contribution in [0.2, 0.25) is 0 Å². The highest BCUT2D eigenvalue weighted by atomic mass is 19.4. The summed E-state index contributed by atoms with van der Waals surface area (Å²) >= 11 is 0. The molecule has 2 aromatic rings. The summed E-state index contributed by atoms with van der Waals surface area (Å²) in [7, 11) is 1.45. The third kappa shape index (κ3) is 3.16. The fourth-order valence-electron chi connectivity index (χ4n) is 2.18. The van der Waals surface area contributed by atoms with Gasteiger partial charge >= 0.3 is 6.18 Å². The minimum absolute atomic E-state index is 0.0751. The van der Waals surface area contributed by atoms with Crippen LogP contribution in [0.4, 0.5) is 13.2 Å². The third-order valence-electron chi connectivity index (χ3n) is 3.21. The molecule has 0 fully saturated rings. The fraction of sp³-hybridized carbons (Fsp3) is 0.267. The first-order valence-electron chi connectivity index (χ1n) is 6.26. The molecule has 1 atom stereocenters. The number of hydrogen-bond donors (Lipinski definition) is 1. The molecule has 3 nitrogen and oxygen atoms in total. The Hall–Kier alpha value is -2.08. The third-order valence-corrected chi connectivity index (χ3v) is 3.21. The van der Waals surface area contributed by atoms with Crippen LogP contribution in [-0.4, -0.2) is 12.1 Å². The molecule has 0 saturated carbocycles. The van der Waals surface area contributed by atoms with E-state index in [2.05, 4.69) is 4.98 Å². The van der Waals surface area contributed by atoms with E-state index in [4.69, 9.17) is 10.5 Å². The van der Waals surface area contributed by atoms with Gasteiger partial charge in [-0.1, -0.05) is 17.7 Å². The summed E-state index contributed by atoms with van der Waals surface area (Å²) in [6.45, 7) is 1.84. The number of pyridine rings is 1. The van der Waals surface area contributed by atoms with Gasteiger partial charge in [0.1, 0.15) is 5.75 Å². The number of alkyl halides is 3. The molecular weight excluding hydrogens is 281 g/mol. The van der Waals surface area contributed by atoms with E-state index in [1.807, 2.05) is 13.0 Å². The minimum atomic E-state index is -4.48. The second-order valence-corrected chi connectivity index (χ2v) is 4.68. The van der Waals surface area contributed by atoms with E-state index in [0.717, 1.165) is 24.0 Å². The number of aryl methyl sites for hydroxylation is 1. The van der Waals surface area contributed by atoms with Crippen LogP contribution >= 0.6 is 0 Å². The van der Waals surface area contributed by atoms with E-state index < -0.39 is 17.8 Å². The Labute approximate surface area is 120 Å².